The Labute approximate surface area is 174 Å². The van der Waals surface area contributed by atoms with E-state index in [9.17, 15) is 14.0 Å². The first kappa shape index (κ1) is 21.5. The van der Waals surface area contributed by atoms with E-state index in [0.29, 0.717) is 0 Å². The number of hydrogen-bond donors (Lipinski definition) is 0. The Bertz CT molecular complexity index is 845. The molecule has 158 valence electrons. The van der Waals surface area contributed by atoms with Crippen molar-refractivity contribution in [3.63, 3.8) is 0 Å². The van der Waals surface area contributed by atoms with Gasteiger partial charge in [0.2, 0.25) is 0 Å². The SMILES string of the molecule is C=CCO[C@H]1[C@@H](C(=O)OCc2ccccc2)N(C(=O)OCc2ccccc2)C[C@@H]1F. The molecule has 1 fully saturated rings. The molecule has 0 unspecified atom stereocenters. The molecule has 2 aromatic carbocycles. The van der Waals surface area contributed by atoms with Crippen molar-refractivity contribution in [1.29, 1.82) is 0 Å². The first-order chi connectivity index (χ1) is 14.6. The van der Waals surface area contributed by atoms with Gasteiger partial charge in [-0.05, 0) is 11.1 Å². The quantitative estimate of drug-likeness (QED) is 0.488. The van der Waals surface area contributed by atoms with Gasteiger partial charge >= 0.3 is 12.1 Å². The van der Waals surface area contributed by atoms with Crippen molar-refractivity contribution in [3.8, 4) is 0 Å². The first-order valence-electron chi connectivity index (χ1n) is 9.64. The van der Waals surface area contributed by atoms with Crippen molar-refractivity contribution in [1.82, 2.24) is 4.90 Å². The molecule has 0 saturated carbocycles. The van der Waals surface area contributed by atoms with Gasteiger partial charge in [-0.3, -0.25) is 4.90 Å². The molecule has 1 heterocycles. The average molecular weight is 413 g/mol. The molecule has 0 bridgehead atoms. The van der Waals surface area contributed by atoms with Crippen LogP contribution in [-0.4, -0.2) is 48.4 Å². The molecule has 3 rings (SSSR count). The van der Waals surface area contributed by atoms with E-state index in [4.69, 9.17) is 14.2 Å². The normalized spacial score (nSPS) is 20.6. The lowest BCUT2D eigenvalue weighted by molar-refractivity contribution is -0.154. The van der Waals surface area contributed by atoms with Crippen LogP contribution in [0, 0.1) is 0 Å². The molecule has 7 heteroatoms. The highest BCUT2D eigenvalue weighted by Crippen LogP contribution is 2.27. The van der Waals surface area contributed by atoms with Crippen LogP contribution in [0.1, 0.15) is 11.1 Å². The van der Waals surface area contributed by atoms with Gasteiger partial charge in [0.15, 0.2) is 6.04 Å². The number of hydrogen-bond acceptors (Lipinski definition) is 5. The molecule has 0 N–H and O–H groups in total. The summed E-state index contributed by atoms with van der Waals surface area (Å²) in [6.45, 7) is 3.28. The fourth-order valence-corrected chi connectivity index (χ4v) is 3.22. The Hall–Kier alpha value is -3.19. The molecule has 1 aliphatic heterocycles. The molecule has 30 heavy (non-hydrogen) atoms. The predicted octanol–water partition coefficient (Wildman–Crippen LogP) is 3.66. The second-order valence-corrected chi connectivity index (χ2v) is 6.83. The number of likely N-dealkylation sites (tertiary alicyclic amines) is 1. The number of alkyl halides is 1. The monoisotopic (exact) mass is 413 g/mol. The molecule has 0 aromatic heterocycles. The molecule has 1 saturated heterocycles. The van der Waals surface area contributed by atoms with E-state index in [1.165, 1.54) is 6.08 Å². The molecule has 1 amide bonds. The van der Waals surface area contributed by atoms with E-state index in [1.54, 1.807) is 24.3 Å². The molecule has 3 atom stereocenters. The minimum absolute atomic E-state index is 0.00814. The number of amides is 1. The Balaban J connectivity index is 1.69. The van der Waals surface area contributed by atoms with Gasteiger partial charge in [-0.25, -0.2) is 14.0 Å². The Morgan fingerprint density at radius 1 is 1.00 bits per heavy atom. The zero-order valence-corrected chi connectivity index (χ0v) is 16.5. The van der Waals surface area contributed by atoms with Crippen LogP contribution in [0.15, 0.2) is 73.3 Å². The first-order valence-corrected chi connectivity index (χ1v) is 9.64. The van der Waals surface area contributed by atoms with E-state index in [-0.39, 0.29) is 26.4 Å². The third kappa shape index (κ3) is 5.45. The van der Waals surface area contributed by atoms with Crippen molar-refractivity contribution in [2.45, 2.75) is 31.5 Å². The highest BCUT2D eigenvalue weighted by molar-refractivity contribution is 5.83. The summed E-state index contributed by atoms with van der Waals surface area (Å²) in [5, 5.41) is 0. The lowest BCUT2D eigenvalue weighted by Gasteiger charge is -2.25. The van der Waals surface area contributed by atoms with Gasteiger partial charge in [-0.1, -0.05) is 66.7 Å². The third-order valence-corrected chi connectivity index (χ3v) is 4.69. The van der Waals surface area contributed by atoms with Crippen LogP contribution < -0.4 is 0 Å². The molecule has 2 aromatic rings. The van der Waals surface area contributed by atoms with Crippen LogP contribution in [-0.2, 0) is 32.2 Å². The van der Waals surface area contributed by atoms with Crippen LogP contribution in [0.3, 0.4) is 0 Å². The number of esters is 1. The van der Waals surface area contributed by atoms with Crippen LogP contribution >= 0.6 is 0 Å². The summed E-state index contributed by atoms with van der Waals surface area (Å²) in [6.07, 6.45) is -2.05. The second-order valence-electron chi connectivity index (χ2n) is 6.83. The lowest BCUT2D eigenvalue weighted by Crippen LogP contribution is -2.47. The zero-order chi connectivity index (χ0) is 21.3. The number of halogens is 1. The molecule has 0 aliphatic carbocycles. The van der Waals surface area contributed by atoms with E-state index in [0.717, 1.165) is 16.0 Å². The van der Waals surface area contributed by atoms with Gasteiger partial charge in [-0.2, -0.15) is 0 Å². The van der Waals surface area contributed by atoms with Crippen molar-refractivity contribution < 1.29 is 28.2 Å². The topological polar surface area (TPSA) is 65.1 Å². The maximum Gasteiger partial charge on any atom is 0.411 e. The van der Waals surface area contributed by atoms with Gasteiger partial charge in [-0.15, -0.1) is 6.58 Å². The van der Waals surface area contributed by atoms with Crippen molar-refractivity contribution in [2.75, 3.05) is 13.2 Å². The van der Waals surface area contributed by atoms with Crippen molar-refractivity contribution in [3.05, 3.63) is 84.4 Å². The van der Waals surface area contributed by atoms with Crippen LogP contribution in [0.5, 0.6) is 0 Å². The van der Waals surface area contributed by atoms with Crippen molar-refractivity contribution >= 4 is 12.1 Å². The summed E-state index contributed by atoms with van der Waals surface area (Å²) in [4.78, 5) is 26.4. The van der Waals surface area contributed by atoms with Gasteiger partial charge in [0, 0.05) is 0 Å². The molecule has 0 spiro atoms. The highest BCUT2D eigenvalue weighted by Gasteiger charge is 2.50. The minimum atomic E-state index is -1.55. The summed E-state index contributed by atoms with van der Waals surface area (Å²) in [7, 11) is 0. The highest BCUT2D eigenvalue weighted by atomic mass is 19.1. The van der Waals surface area contributed by atoms with Crippen LogP contribution in [0.4, 0.5) is 9.18 Å². The zero-order valence-electron chi connectivity index (χ0n) is 16.5. The summed E-state index contributed by atoms with van der Waals surface area (Å²) in [5.41, 5.74) is 1.56. The number of carbonyl (C=O) groups excluding carboxylic acids is 2. The van der Waals surface area contributed by atoms with Gasteiger partial charge in [0.25, 0.3) is 0 Å². The number of nitrogens with zero attached hydrogens (tertiary/aromatic N) is 1. The molecule has 6 nitrogen and oxygen atoms in total. The number of ether oxygens (including phenoxy) is 3. The summed E-state index contributed by atoms with van der Waals surface area (Å²) in [5.74, 6) is -0.746. The Morgan fingerprint density at radius 2 is 1.57 bits per heavy atom. The fourth-order valence-electron chi connectivity index (χ4n) is 3.22. The molecular formula is C23H24FNO5. The molecule has 0 radical (unpaired) electrons. The summed E-state index contributed by atoms with van der Waals surface area (Å²) >= 11 is 0. The summed E-state index contributed by atoms with van der Waals surface area (Å²) < 4.78 is 30.7. The maximum absolute atomic E-state index is 14.6. The number of rotatable bonds is 8. The van der Waals surface area contributed by atoms with E-state index >= 15 is 0 Å². The van der Waals surface area contributed by atoms with E-state index < -0.39 is 30.4 Å². The molecule has 1 aliphatic rings. The largest absolute Gasteiger partial charge is 0.459 e. The predicted molar refractivity (Wildman–Crippen MR) is 108 cm³/mol. The van der Waals surface area contributed by atoms with Crippen LogP contribution in [0.2, 0.25) is 0 Å². The second kappa shape index (κ2) is 10.5. The van der Waals surface area contributed by atoms with E-state index in [2.05, 4.69) is 6.58 Å². The van der Waals surface area contributed by atoms with Gasteiger partial charge < -0.3 is 14.2 Å². The van der Waals surface area contributed by atoms with Gasteiger partial charge in [0.1, 0.15) is 25.5 Å². The van der Waals surface area contributed by atoms with Crippen molar-refractivity contribution in [2.24, 2.45) is 0 Å². The molecular weight excluding hydrogens is 389 g/mol. The minimum Gasteiger partial charge on any atom is -0.459 e. The fraction of sp³-hybridized carbons (Fsp3) is 0.304. The van der Waals surface area contributed by atoms with Gasteiger partial charge in [0.05, 0.1) is 13.2 Å². The smallest absolute Gasteiger partial charge is 0.411 e. The average Bonchev–Trinajstić information content (AvgIpc) is 3.12. The van der Waals surface area contributed by atoms with Crippen LogP contribution in [0.25, 0.3) is 0 Å². The number of benzene rings is 2. The third-order valence-electron chi connectivity index (χ3n) is 4.69. The number of carbonyl (C=O) groups is 2. The lowest BCUT2D eigenvalue weighted by atomic mass is 10.1. The Kier molecular flexibility index (Phi) is 7.57. The van der Waals surface area contributed by atoms with E-state index in [1.807, 2.05) is 36.4 Å². The summed E-state index contributed by atoms with van der Waals surface area (Å²) in [6, 6.07) is 16.9. The Morgan fingerprint density at radius 3 is 2.13 bits per heavy atom. The standard InChI is InChI=1S/C23H24FNO5/c1-2-13-28-21-19(24)14-25(23(27)30-16-18-11-7-4-8-12-18)20(21)22(26)29-15-17-9-5-3-6-10-17/h2-12,19-21H,1,13-16H2/t19-,20-,21+/m0/s1. The maximum atomic E-state index is 14.6.